The van der Waals surface area contributed by atoms with E-state index in [1.165, 1.54) is 18.5 Å². The molecule has 0 saturated heterocycles. The van der Waals surface area contributed by atoms with E-state index in [2.05, 4.69) is 9.71 Å². The third kappa shape index (κ3) is 2.86. The largest absolute Gasteiger partial charge is 0.280 e. The van der Waals surface area contributed by atoms with E-state index in [0.29, 0.717) is 10.7 Å². The highest BCUT2D eigenvalue weighted by Crippen LogP contribution is 2.20. The molecule has 1 rings (SSSR count). The van der Waals surface area contributed by atoms with Crippen molar-refractivity contribution in [2.45, 2.75) is 6.92 Å². The number of hydrogen-bond acceptors (Lipinski definition) is 3. The molecule has 0 radical (unpaired) electrons. The van der Waals surface area contributed by atoms with Crippen molar-refractivity contribution in [3.63, 3.8) is 0 Å². The predicted octanol–water partition coefficient (Wildman–Crippen LogP) is 1.50. The summed E-state index contributed by atoms with van der Waals surface area (Å²) in [4.78, 5) is 3.75. The number of pyridine rings is 1. The van der Waals surface area contributed by atoms with Gasteiger partial charge in [-0.2, -0.15) is 0 Å². The minimum absolute atomic E-state index is 0.0121. The van der Waals surface area contributed by atoms with Gasteiger partial charge in [-0.05, 0) is 13.0 Å². The minimum Gasteiger partial charge on any atom is -0.280 e. The molecule has 0 bridgehead atoms. The molecule has 72 valence electrons. The normalized spacial score (nSPS) is 11.2. The van der Waals surface area contributed by atoms with Crippen LogP contribution in [0.1, 0.15) is 6.92 Å². The van der Waals surface area contributed by atoms with E-state index in [9.17, 15) is 8.42 Å². The first-order valence-corrected chi connectivity index (χ1v) is 5.68. The van der Waals surface area contributed by atoms with Gasteiger partial charge in [0.15, 0.2) is 0 Å². The maximum atomic E-state index is 11.1. The van der Waals surface area contributed by atoms with Gasteiger partial charge in [0.1, 0.15) is 0 Å². The van der Waals surface area contributed by atoms with E-state index >= 15 is 0 Å². The van der Waals surface area contributed by atoms with Crippen LogP contribution in [-0.4, -0.2) is 19.2 Å². The fraction of sp³-hybridized carbons (Fsp3) is 0.286. The Morgan fingerprint density at radius 3 is 2.85 bits per heavy atom. The molecular formula is C7H9ClN2O2S. The summed E-state index contributed by atoms with van der Waals surface area (Å²) in [7, 11) is -3.27. The number of aromatic nitrogens is 1. The van der Waals surface area contributed by atoms with Gasteiger partial charge >= 0.3 is 0 Å². The van der Waals surface area contributed by atoms with E-state index in [1.54, 1.807) is 6.92 Å². The Balaban J connectivity index is 2.93. The first kappa shape index (κ1) is 10.3. The smallest absolute Gasteiger partial charge is 0.232 e. The summed E-state index contributed by atoms with van der Waals surface area (Å²) in [5.41, 5.74) is 0.311. The van der Waals surface area contributed by atoms with Crippen molar-refractivity contribution in [2.24, 2.45) is 0 Å². The van der Waals surface area contributed by atoms with E-state index in [1.807, 2.05) is 0 Å². The van der Waals surface area contributed by atoms with Crippen LogP contribution in [0.5, 0.6) is 0 Å². The Hall–Kier alpha value is -0.810. The lowest BCUT2D eigenvalue weighted by Gasteiger charge is -2.05. The molecular weight excluding hydrogens is 212 g/mol. The second-order valence-corrected chi connectivity index (χ2v) is 4.78. The molecule has 0 unspecified atom stereocenters. The molecule has 1 N–H and O–H groups in total. The minimum atomic E-state index is -3.27. The number of rotatable bonds is 3. The molecule has 1 aromatic rings. The highest BCUT2D eigenvalue weighted by molar-refractivity contribution is 7.92. The highest BCUT2D eigenvalue weighted by Gasteiger charge is 2.08. The number of nitrogens with one attached hydrogen (secondary N) is 1. The summed E-state index contributed by atoms with van der Waals surface area (Å²) in [6.07, 6.45) is 2.86. The van der Waals surface area contributed by atoms with Crippen LogP contribution in [0.15, 0.2) is 18.5 Å². The summed E-state index contributed by atoms with van der Waals surface area (Å²) in [5, 5.41) is 0.340. The maximum Gasteiger partial charge on any atom is 0.232 e. The SMILES string of the molecule is CCS(=O)(=O)Nc1cnccc1Cl. The Bertz CT molecular complexity index is 391. The molecule has 1 aromatic heterocycles. The number of sulfonamides is 1. The first-order chi connectivity index (χ1) is 6.05. The fourth-order valence-corrected chi connectivity index (χ4v) is 1.54. The lowest BCUT2D eigenvalue weighted by atomic mass is 10.4. The summed E-state index contributed by atoms with van der Waals surface area (Å²) >= 11 is 5.72. The molecule has 0 spiro atoms. The molecule has 13 heavy (non-hydrogen) atoms. The van der Waals surface area contributed by atoms with Crippen molar-refractivity contribution < 1.29 is 8.42 Å². The Kier molecular flexibility index (Phi) is 3.11. The molecule has 0 aliphatic heterocycles. The molecule has 0 aromatic carbocycles. The summed E-state index contributed by atoms with van der Waals surface area (Å²) in [6.45, 7) is 1.55. The van der Waals surface area contributed by atoms with Gasteiger partial charge in [-0.3, -0.25) is 9.71 Å². The Morgan fingerprint density at radius 2 is 2.31 bits per heavy atom. The standard InChI is InChI=1S/C7H9ClN2O2S/c1-2-13(11,12)10-7-5-9-4-3-6(7)8/h3-5,10H,2H2,1H3. The van der Waals surface area contributed by atoms with Crippen LogP contribution in [0.4, 0.5) is 5.69 Å². The molecule has 4 nitrogen and oxygen atoms in total. The fourth-order valence-electron chi connectivity index (χ4n) is 0.692. The number of hydrogen-bond donors (Lipinski definition) is 1. The number of anilines is 1. The van der Waals surface area contributed by atoms with E-state index < -0.39 is 10.0 Å². The van der Waals surface area contributed by atoms with E-state index in [0.717, 1.165) is 0 Å². The van der Waals surface area contributed by atoms with Gasteiger partial charge in [0.2, 0.25) is 10.0 Å². The second-order valence-electron chi connectivity index (χ2n) is 2.36. The maximum absolute atomic E-state index is 11.1. The zero-order chi connectivity index (χ0) is 9.90. The molecule has 0 aliphatic carbocycles. The van der Waals surface area contributed by atoms with Crippen LogP contribution in [-0.2, 0) is 10.0 Å². The molecule has 0 fully saturated rings. The number of nitrogens with zero attached hydrogens (tertiary/aromatic N) is 1. The predicted molar refractivity (Wildman–Crippen MR) is 52.3 cm³/mol. The Morgan fingerprint density at radius 1 is 1.62 bits per heavy atom. The molecule has 0 amide bonds. The molecule has 1 heterocycles. The van der Waals surface area contributed by atoms with Crippen LogP contribution in [0.2, 0.25) is 5.02 Å². The van der Waals surface area contributed by atoms with Crippen LogP contribution >= 0.6 is 11.6 Å². The van der Waals surface area contributed by atoms with Gasteiger partial charge in [-0.15, -0.1) is 0 Å². The van der Waals surface area contributed by atoms with Crippen molar-refractivity contribution in [3.05, 3.63) is 23.5 Å². The van der Waals surface area contributed by atoms with Crippen LogP contribution < -0.4 is 4.72 Å². The zero-order valence-corrected chi connectivity index (χ0v) is 8.56. The van der Waals surface area contributed by atoms with Crippen LogP contribution in [0, 0.1) is 0 Å². The Labute approximate surface area is 82.0 Å². The van der Waals surface area contributed by atoms with Crippen molar-refractivity contribution in [1.82, 2.24) is 4.98 Å². The van der Waals surface area contributed by atoms with Crippen LogP contribution in [0.3, 0.4) is 0 Å². The van der Waals surface area contributed by atoms with Gasteiger partial charge in [0.05, 0.1) is 22.7 Å². The summed E-state index contributed by atoms with van der Waals surface area (Å²) in [6, 6.07) is 1.52. The molecule has 0 saturated carbocycles. The van der Waals surface area contributed by atoms with Gasteiger partial charge in [0.25, 0.3) is 0 Å². The quantitative estimate of drug-likeness (QED) is 0.840. The van der Waals surface area contributed by atoms with Crippen LogP contribution in [0.25, 0.3) is 0 Å². The van der Waals surface area contributed by atoms with Crippen molar-refractivity contribution in [2.75, 3.05) is 10.5 Å². The monoisotopic (exact) mass is 220 g/mol. The van der Waals surface area contributed by atoms with Gasteiger partial charge in [-0.25, -0.2) is 8.42 Å². The summed E-state index contributed by atoms with van der Waals surface area (Å²) < 4.78 is 24.6. The third-order valence-corrected chi connectivity index (χ3v) is 3.03. The van der Waals surface area contributed by atoms with E-state index in [4.69, 9.17) is 11.6 Å². The topological polar surface area (TPSA) is 59.1 Å². The highest BCUT2D eigenvalue weighted by atomic mass is 35.5. The van der Waals surface area contributed by atoms with Crippen molar-refractivity contribution in [1.29, 1.82) is 0 Å². The van der Waals surface area contributed by atoms with Gasteiger partial charge in [-0.1, -0.05) is 11.6 Å². The number of halogens is 1. The average molecular weight is 221 g/mol. The lowest BCUT2D eigenvalue weighted by molar-refractivity contribution is 0.602. The molecule has 0 aliphatic rings. The van der Waals surface area contributed by atoms with Gasteiger partial charge in [0, 0.05) is 6.20 Å². The lowest BCUT2D eigenvalue weighted by Crippen LogP contribution is -2.14. The van der Waals surface area contributed by atoms with E-state index in [-0.39, 0.29) is 5.75 Å². The van der Waals surface area contributed by atoms with Crippen molar-refractivity contribution in [3.8, 4) is 0 Å². The van der Waals surface area contributed by atoms with Gasteiger partial charge < -0.3 is 0 Å². The second kappa shape index (κ2) is 3.93. The van der Waals surface area contributed by atoms with Crippen molar-refractivity contribution >= 4 is 27.3 Å². The first-order valence-electron chi connectivity index (χ1n) is 3.65. The molecule has 0 atom stereocenters. The third-order valence-electron chi connectivity index (χ3n) is 1.41. The average Bonchev–Trinajstić information content (AvgIpc) is 2.09. The zero-order valence-electron chi connectivity index (χ0n) is 6.99. The summed E-state index contributed by atoms with van der Waals surface area (Å²) in [5.74, 6) is 0.0121. The molecule has 6 heteroatoms.